The second-order valence-corrected chi connectivity index (χ2v) is 5.66. The third-order valence-electron chi connectivity index (χ3n) is 3.79. The maximum atomic E-state index is 12.8. The molecule has 1 aliphatic rings. The van der Waals surface area contributed by atoms with Gasteiger partial charge in [-0.2, -0.15) is 0 Å². The average Bonchev–Trinajstić information content (AvgIpc) is 2.47. The van der Waals surface area contributed by atoms with E-state index in [0.717, 1.165) is 5.56 Å². The van der Waals surface area contributed by atoms with Crippen molar-refractivity contribution in [1.29, 1.82) is 0 Å². The van der Waals surface area contributed by atoms with Crippen LogP contribution in [0.15, 0.2) is 30.3 Å². The summed E-state index contributed by atoms with van der Waals surface area (Å²) in [5, 5.41) is 2.77. The molecule has 1 aromatic carbocycles. The quantitative estimate of drug-likeness (QED) is 0.895. The van der Waals surface area contributed by atoms with Crippen LogP contribution in [0.3, 0.4) is 0 Å². The number of nitrogens with one attached hydrogen (secondary N) is 1. The molecule has 0 saturated carbocycles. The number of halogens is 1. The van der Waals surface area contributed by atoms with E-state index in [2.05, 4.69) is 5.32 Å². The van der Waals surface area contributed by atoms with E-state index in [9.17, 15) is 14.0 Å². The number of hydrogen-bond acceptors (Lipinski definition) is 2. The lowest BCUT2D eigenvalue weighted by atomic mass is 9.95. The molecule has 5 heteroatoms. The van der Waals surface area contributed by atoms with Gasteiger partial charge in [-0.15, -0.1) is 0 Å². The Bertz CT molecular complexity index is 504. The van der Waals surface area contributed by atoms with E-state index in [1.807, 2.05) is 44.2 Å². The predicted molar refractivity (Wildman–Crippen MR) is 78.4 cm³/mol. The fourth-order valence-electron chi connectivity index (χ4n) is 2.63. The molecule has 1 aliphatic heterocycles. The van der Waals surface area contributed by atoms with Gasteiger partial charge in [-0.1, -0.05) is 44.2 Å². The lowest BCUT2D eigenvalue weighted by Gasteiger charge is -2.40. The molecule has 2 unspecified atom stereocenters. The summed E-state index contributed by atoms with van der Waals surface area (Å²) in [5.74, 6) is -0.407. The standard InChI is InChI=1S/C16H21FN2O2/c1-11(2)14-16(21)19(9-8-17)13(15(20)18-14)10-12-6-4-3-5-7-12/h3-7,11,13-14H,8-10H2,1-2H3,(H,18,20). The van der Waals surface area contributed by atoms with Gasteiger partial charge in [0.1, 0.15) is 18.8 Å². The summed E-state index contributed by atoms with van der Waals surface area (Å²) < 4.78 is 12.8. The van der Waals surface area contributed by atoms with Crippen molar-refractivity contribution in [3.63, 3.8) is 0 Å². The SMILES string of the molecule is CC(C)C1NC(=O)C(Cc2ccccc2)N(CCF)C1=O. The highest BCUT2D eigenvalue weighted by atomic mass is 19.1. The van der Waals surface area contributed by atoms with Gasteiger partial charge in [0, 0.05) is 13.0 Å². The van der Waals surface area contributed by atoms with Crippen LogP contribution in [0.25, 0.3) is 0 Å². The van der Waals surface area contributed by atoms with Crippen molar-refractivity contribution in [2.75, 3.05) is 13.2 Å². The lowest BCUT2D eigenvalue weighted by molar-refractivity contribution is -0.150. The first-order chi connectivity index (χ1) is 10.0. The highest BCUT2D eigenvalue weighted by Gasteiger charge is 2.41. The Morgan fingerprint density at radius 3 is 2.48 bits per heavy atom. The zero-order valence-electron chi connectivity index (χ0n) is 12.4. The summed E-state index contributed by atoms with van der Waals surface area (Å²) in [6, 6.07) is 8.27. The van der Waals surface area contributed by atoms with E-state index in [-0.39, 0.29) is 24.3 Å². The minimum atomic E-state index is -0.644. The Morgan fingerprint density at radius 2 is 1.90 bits per heavy atom. The minimum Gasteiger partial charge on any atom is -0.342 e. The van der Waals surface area contributed by atoms with Crippen molar-refractivity contribution in [2.24, 2.45) is 5.92 Å². The Labute approximate surface area is 124 Å². The normalized spacial score (nSPS) is 22.6. The zero-order valence-corrected chi connectivity index (χ0v) is 12.4. The van der Waals surface area contributed by atoms with Crippen molar-refractivity contribution >= 4 is 11.8 Å². The number of amides is 2. The monoisotopic (exact) mass is 292 g/mol. The van der Waals surface area contributed by atoms with Gasteiger partial charge in [0.05, 0.1) is 0 Å². The van der Waals surface area contributed by atoms with E-state index < -0.39 is 18.8 Å². The maximum Gasteiger partial charge on any atom is 0.246 e. The molecule has 1 aromatic rings. The van der Waals surface area contributed by atoms with Crippen molar-refractivity contribution in [2.45, 2.75) is 32.4 Å². The van der Waals surface area contributed by atoms with Crippen LogP contribution in [0.4, 0.5) is 4.39 Å². The fraction of sp³-hybridized carbons (Fsp3) is 0.500. The molecule has 1 heterocycles. The number of carbonyl (C=O) groups is 2. The largest absolute Gasteiger partial charge is 0.342 e. The zero-order chi connectivity index (χ0) is 15.4. The summed E-state index contributed by atoms with van der Waals surface area (Å²) in [7, 11) is 0. The highest BCUT2D eigenvalue weighted by molar-refractivity contribution is 5.97. The molecule has 1 N–H and O–H groups in total. The van der Waals surface area contributed by atoms with Gasteiger partial charge < -0.3 is 10.2 Å². The number of piperazine rings is 1. The van der Waals surface area contributed by atoms with E-state index in [1.54, 1.807) is 0 Å². The Kier molecular flexibility index (Phi) is 4.94. The number of carbonyl (C=O) groups excluding carboxylic acids is 2. The molecule has 2 atom stereocenters. The van der Waals surface area contributed by atoms with Crippen LogP contribution in [-0.2, 0) is 16.0 Å². The van der Waals surface area contributed by atoms with Crippen molar-refractivity contribution < 1.29 is 14.0 Å². The maximum absolute atomic E-state index is 12.8. The summed E-state index contributed by atoms with van der Waals surface area (Å²) in [5.41, 5.74) is 0.956. The molecule has 21 heavy (non-hydrogen) atoms. The topological polar surface area (TPSA) is 49.4 Å². The Morgan fingerprint density at radius 1 is 1.24 bits per heavy atom. The van der Waals surface area contributed by atoms with Crippen LogP contribution in [0.2, 0.25) is 0 Å². The molecule has 0 spiro atoms. The van der Waals surface area contributed by atoms with Crippen LogP contribution in [0.1, 0.15) is 19.4 Å². The van der Waals surface area contributed by atoms with Crippen LogP contribution in [-0.4, -0.2) is 42.0 Å². The van der Waals surface area contributed by atoms with Crippen LogP contribution in [0.5, 0.6) is 0 Å². The first-order valence-corrected chi connectivity index (χ1v) is 7.25. The van der Waals surface area contributed by atoms with Crippen LogP contribution in [0, 0.1) is 5.92 Å². The summed E-state index contributed by atoms with van der Waals surface area (Å²) in [6.07, 6.45) is 0.406. The highest BCUT2D eigenvalue weighted by Crippen LogP contribution is 2.18. The predicted octanol–water partition coefficient (Wildman–Crippen LogP) is 1.55. The van der Waals surface area contributed by atoms with Gasteiger partial charge in [-0.05, 0) is 11.5 Å². The Hall–Kier alpha value is -1.91. The second-order valence-electron chi connectivity index (χ2n) is 5.66. The molecular formula is C16H21FN2O2. The molecule has 0 bridgehead atoms. The molecule has 1 fully saturated rings. The van der Waals surface area contributed by atoms with Crippen molar-refractivity contribution in [3.8, 4) is 0 Å². The number of benzene rings is 1. The average molecular weight is 292 g/mol. The number of rotatable bonds is 5. The smallest absolute Gasteiger partial charge is 0.246 e. The summed E-state index contributed by atoms with van der Waals surface area (Å²) in [6.45, 7) is 3.06. The fourth-order valence-corrected chi connectivity index (χ4v) is 2.63. The molecule has 2 rings (SSSR count). The van der Waals surface area contributed by atoms with E-state index in [4.69, 9.17) is 0 Å². The van der Waals surface area contributed by atoms with Crippen LogP contribution < -0.4 is 5.32 Å². The number of hydrogen-bond donors (Lipinski definition) is 1. The van der Waals surface area contributed by atoms with E-state index in [1.165, 1.54) is 4.90 Å². The van der Waals surface area contributed by atoms with Gasteiger partial charge in [0.25, 0.3) is 0 Å². The molecule has 0 aliphatic carbocycles. The van der Waals surface area contributed by atoms with Crippen LogP contribution >= 0.6 is 0 Å². The van der Waals surface area contributed by atoms with Crippen molar-refractivity contribution in [3.05, 3.63) is 35.9 Å². The van der Waals surface area contributed by atoms with Gasteiger partial charge in [0.15, 0.2) is 0 Å². The molecule has 0 radical (unpaired) electrons. The third-order valence-corrected chi connectivity index (χ3v) is 3.79. The first kappa shape index (κ1) is 15.5. The Balaban J connectivity index is 2.22. The van der Waals surface area contributed by atoms with Gasteiger partial charge in [-0.3, -0.25) is 9.59 Å². The van der Waals surface area contributed by atoms with Gasteiger partial charge in [-0.25, -0.2) is 4.39 Å². The molecule has 1 saturated heterocycles. The molecule has 4 nitrogen and oxygen atoms in total. The molecule has 0 aromatic heterocycles. The number of alkyl halides is 1. The van der Waals surface area contributed by atoms with Gasteiger partial charge in [0.2, 0.25) is 11.8 Å². The lowest BCUT2D eigenvalue weighted by Crippen LogP contribution is -2.65. The molecule has 114 valence electrons. The molecule has 2 amide bonds. The minimum absolute atomic E-state index is 0.0127. The molecular weight excluding hydrogens is 271 g/mol. The summed E-state index contributed by atoms with van der Waals surface area (Å²) >= 11 is 0. The second kappa shape index (κ2) is 6.70. The summed E-state index contributed by atoms with van der Waals surface area (Å²) in [4.78, 5) is 26.1. The van der Waals surface area contributed by atoms with E-state index in [0.29, 0.717) is 6.42 Å². The van der Waals surface area contributed by atoms with Gasteiger partial charge >= 0.3 is 0 Å². The van der Waals surface area contributed by atoms with Crippen molar-refractivity contribution in [1.82, 2.24) is 10.2 Å². The van der Waals surface area contributed by atoms with E-state index >= 15 is 0 Å². The number of nitrogens with zero attached hydrogens (tertiary/aromatic N) is 1. The first-order valence-electron chi connectivity index (χ1n) is 7.25. The third kappa shape index (κ3) is 3.40.